The standard InChI is InChI=1S/C17H24N4O/c1-3-4-10-17(11-19-15(2)22,12-21-14-18-13-20-21)16-8-6-5-7-9-16/h5-9,13-14H,3-4,10-12H2,1-2H3,(H,19,22). The van der Waals surface area contributed by atoms with Gasteiger partial charge in [0, 0.05) is 18.9 Å². The highest BCUT2D eigenvalue weighted by atomic mass is 16.1. The summed E-state index contributed by atoms with van der Waals surface area (Å²) in [6.45, 7) is 5.05. The molecule has 1 atom stereocenters. The fraction of sp³-hybridized carbons (Fsp3) is 0.471. The number of nitrogens with zero attached hydrogens (tertiary/aromatic N) is 3. The largest absolute Gasteiger partial charge is 0.355 e. The average Bonchev–Trinajstić information content (AvgIpc) is 3.04. The highest BCUT2D eigenvalue weighted by molar-refractivity contribution is 5.73. The number of amides is 1. The molecule has 1 N–H and O–H groups in total. The Morgan fingerprint density at radius 2 is 2.09 bits per heavy atom. The summed E-state index contributed by atoms with van der Waals surface area (Å²) in [7, 11) is 0. The van der Waals surface area contributed by atoms with Crippen molar-refractivity contribution >= 4 is 5.91 Å². The van der Waals surface area contributed by atoms with Gasteiger partial charge in [-0.25, -0.2) is 4.98 Å². The summed E-state index contributed by atoms with van der Waals surface area (Å²) >= 11 is 0. The van der Waals surface area contributed by atoms with Crippen LogP contribution in [-0.4, -0.2) is 27.2 Å². The maximum Gasteiger partial charge on any atom is 0.216 e. The van der Waals surface area contributed by atoms with Crippen molar-refractivity contribution in [2.45, 2.75) is 45.1 Å². The first-order valence-corrected chi connectivity index (χ1v) is 7.79. The zero-order valence-electron chi connectivity index (χ0n) is 13.3. The number of carbonyl (C=O) groups is 1. The second-order valence-corrected chi connectivity index (χ2v) is 5.75. The van der Waals surface area contributed by atoms with Crippen LogP contribution in [0.1, 0.15) is 38.7 Å². The van der Waals surface area contributed by atoms with Crippen molar-refractivity contribution in [3.63, 3.8) is 0 Å². The Morgan fingerprint density at radius 3 is 2.68 bits per heavy atom. The average molecular weight is 300 g/mol. The molecule has 1 unspecified atom stereocenters. The third-order valence-corrected chi connectivity index (χ3v) is 4.00. The van der Waals surface area contributed by atoms with Gasteiger partial charge in [-0.05, 0) is 12.0 Å². The van der Waals surface area contributed by atoms with Crippen LogP contribution in [0.25, 0.3) is 0 Å². The van der Waals surface area contributed by atoms with E-state index in [0.29, 0.717) is 13.1 Å². The van der Waals surface area contributed by atoms with Gasteiger partial charge in [0.05, 0.1) is 6.54 Å². The fourth-order valence-electron chi connectivity index (χ4n) is 2.79. The summed E-state index contributed by atoms with van der Waals surface area (Å²) in [4.78, 5) is 15.5. The highest BCUT2D eigenvalue weighted by Gasteiger charge is 2.32. The molecule has 0 saturated carbocycles. The second-order valence-electron chi connectivity index (χ2n) is 5.75. The van der Waals surface area contributed by atoms with Crippen molar-refractivity contribution < 1.29 is 4.79 Å². The summed E-state index contributed by atoms with van der Waals surface area (Å²) in [6.07, 6.45) is 6.49. The number of benzene rings is 1. The van der Waals surface area contributed by atoms with Gasteiger partial charge in [-0.2, -0.15) is 5.10 Å². The molecular formula is C17H24N4O. The van der Waals surface area contributed by atoms with Crippen LogP contribution in [0.15, 0.2) is 43.0 Å². The molecule has 0 radical (unpaired) electrons. The van der Waals surface area contributed by atoms with E-state index in [-0.39, 0.29) is 11.3 Å². The predicted octanol–water partition coefficient (Wildman–Crippen LogP) is 2.54. The molecular weight excluding hydrogens is 276 g/mol. The summed E-state index contributed by atoms with van der Waals surface area (Å²) < 4.78 is 1.85. The van der Waals surface area contributed by atoms with Crippen LogP contribution in [0, 0.1) is 0 Å². The number of hydrogen-bond acceptors (Lipinski definition) is 3. The molecule has 0 aliphatic rings. The fourth-order valence-corrected chi connectivity index (χ4v) is 2.79. The van der Waals surface area contributed by atoms with Gasteiger partial charge in [0.15, 0.2) is 0 Å². The van der Waals surface area contributed by atoms with Gasteiger partial charge >= 0.3 is 0 Å². The van der Waals surface area contributed by atoms with Crippen molar-refractivity contribution in [2.75, 3.05) is 6.54 Å². The minimum absolute atomic E-state index is 0.00426. The molecule has 118 valence electrons. The molecule has 0 aliphatic heterocycles. The van der Waals surface area contributed by atoms with E-state index in [1.807, 2.05) is 22.9 Å². The number of rotatable bonds is 8. The Morgan fingerprint density at radius 1 is 1.32 bits per heavy atom. The first kappa shape index (κ1) is 16.2. The van der Waals surface area contributed by atoms with E-state index < -0.39 is 0 Å². The topological polar surface area (TPSA) is 59.8 Å². The lowest BCUT2D eigenvalue weighted by Crippen LogP contribution is -2.43. The molecule has 0 saturated heterocycles. The maximum absolute atomic E-state index is 11.5. The minimum atomic E-state index is -0.170. The molecule has 2 aromatic rings. The van der Waals surface area contributed by atoms with E-state index in [1.165, 1.54) is 5.56 Å². The van der Waals surface area contributed by atoms with E-state index in [4.69, 9.17) is 0 Å². The molecule has 2 rings (SSSR count). The van der Waals surface area contributed by atoms with E-state index in [1.54, 1.807) is 19.6 Å². The SMILES string of the molecule is CCCCC(CNC(C)=O)(Cn1cncn1)c1ccccc1. The van der Waals surface area contributed by atoms with E-state index >= 15 is 0 Å². The predicted molar refractivity (Wildman–Crippen MR) is 86.4 cm³/mol. The molecule has 22 heavy (non-hydrogen) atoms. The van der Waals surface area contributed by atoms with Crippen molar-refractivity contribution in [2.24, 2.45) is 0 Å². The van der Waals surface area contributed by atoms with Crippen LogP contribution >= 0.6 is 0 Å². The summed E-state index contributed by atoms with van der Waals surface area (Å²) in [5, 5.41) is 7.26. The highest BCUT2D eigenvalue weighted by Crippen LogP contribution is 2.31. The third-order valence-electron chi connectivity index (χ3n) is 4.00. The third kappa shape index (κ3) is 4.16. The molecule has 0 fully saturated rings. The Hall–Kier alpha value is -2.17. The molecule has 0 bridgehead atoms. The molecule has 1 aromatic heterocycles. The smallest absolute Gasteiger partial charge is 0.216 e. The van der Waals surface area contributed by atoms with Crippen molar-refractivity contribution in [1.29, 1.82) is 0 Å². The Kier molecular flexibility index (Phi) is 5.69. The van der Waals surface area contributed by atoms with Crippen molar-refractivity contribution in [1.82, 2.24) is 20.1 Å². The van der Waals surface area contributed by atoms with E-state index in [9.17, 15) is 4.79 Å². The van der Waals surface area contributed by atoms with Gasteiger partial charge in [0.1, 0.15) is 12.7 Å². The van der Waals surface area contributed by atoms with Crippen LogP contribution < -0.4 is 5.32 Å². The number of unbranched alkanes of at least 4 members (excludes halogenated alkanes) is 1. The van der Waals surface area contributed by atoms with Crippen molar-refractivity contribution in [3.05, 3.63) is 48.5 Å². The second kappa shape index (κ2) is 7.73. The van der Waals surface area contributed by atoms with Gasteiger partial charge in [-0.15, -0.1) is 0 Å². The van der Waals surface area contributed by atoms with Crippen molar-refractivity contribution in [3.8, 4) is 0 Å². The van der Waals surface area contributed by atoms with Crippen LogP contribution in [0.5, 0.6) is 0 Å². The Balaban J connectivity index is 2.34. The normalized spacial score (nSPS) is 13.5. The van der Waals surface area contributed by atoms with E-state index in [0.717, 1.165) is 19.3 Å². The van der Waals surface area contributed by atoms with Gasteiger partial charge < -0.3 is 5.32 Å². The lowest BCUT2D eigenvalue weighted by molar-refractivity contribution is -0.119. The van der Waals surface area contributed by atoms with Gasteiger partial charge in [0.2, 0.25) is 5.91 Å². The molecule has 1 aromatic carbocycles. The lowest BCUT2D eigenvalue weighted by atomic mass is 9.76. The Labute approximate surface area is 131 Å². The van der Waals surface area contributed by atoms with Crippen LogP contribution in [0.4, 0.5) is 0 Å². The molecule has 1 heterocycles. The van der Waals surface area contributed by atoms with Crippen LogP contribution in [0.2, 0.25) is 0 Å². The van der Waals surface area contributed by atoms with Crippen LogP contribution in [-0.2, 0) is 16.8 Å². The van der Waals surface area contributed by atoms with E-state index in [2.05, 4.69) is 34.5 Å². The first-order chi connectivity index (χ1) is 10.7. The summed E-state index contributed by atoms with van der Waals surface area (Å²) in [6, 6.07) is 10.4. The summed E-state index contributed by atoms with van der Waals surface area (Å²) in [5.41, 5.74) is 1.06. The zero-order chi connectivity index (χ0) is 15.8. The molecule has 0 aliphatic carbocycles. The molecule has 5 nitrogen and oxygen atoms in total. The monoisotopic (exact) mass is 300 g/mol. The molecule has 5 heteroatoms. The van der Waals surface area contributed by atoms with Gasteiger partial charge in [-0.3, -0.25) is 9.48 Å². The molecule has 0 spiro atoms. The first-order valence-electron chi connectivity index (χ1n) is 7.79. The quantitative estimate of drug-likeness (QED) is 0.815. The number of hydrogen-bond donors (Lipinski definition) is 1. The number of nitrogens with one attached hydrogen (secondary N) is 1. The molecule has 1 amide bonds. The Bertz CT molecular complexity index is 568. The zero-order valence-corrected chi connectivity index (χ0v) is 13.3. The maximum atomic E-state index is 11.5. The van der Waals surface area contributed by atoms with Gasteiger partial charge in [0.25, 0.3) is 0 Å². The van der Waals surface area contributed by atoms with Gasteiger partial charge in [-0.1, -0.05) is 50.1 Å². The number of carbonyl (C=O) groups excluding carboxylic acids is 1. The van der Waals surface area contributed by atoms with Crippen LogP contribution in [0.3, 0.4) is 0 Å². The number of aromatic nitrogens is 3. The lowest BCUT2D eigenvalue weighted by Gasteiger charge is -2.34. The summed E-state index contributed by atoms with van der Waals surface area (Å²) in [5.74, 6) is -0.00426. The minimum Gasteiger partial charge on any atom is -0.355 e.